The summed E-state index contributed by atoms with van der Waals surface area (Å²) in [6.07, 6.45) is 0.734. The van der Waals surface area contributed by atoms with E-state index in [1.807, 2.05) is 19.1 Å². The monoisotopic (exact) mass is 286 g/mol. The summed E-state index contributed by atoms with van der Waals surface area (Å²) in [5.41, 5.74) is 7.23. The number of hydrogen-bond donors (Lipinski definition) is 3. The second-order valence-corrected chi connectivity index (χ2v) is 4.91. The SMILES string of the molecule is CC(O)CC(C)CNC(=O)Cc1ccc(N)cc1.Cl. The van der Waals surface area contributed by atoms with Gasteiger partial charge in [-0.3, -0.25) is 4.79 Å². The van der Waals surface area contributed by atoms with Gasteiger partial charge < -0.3 is 16.2 Å². The largest absolute Gasteiger partial charge is 0.399 e. The Hall–Kier alpha value is -1.26. The summed E-state index contributed by atoms with van der Waals surface area (Å²) in [5, 5.41) is 12.1. The van der Waals surface area contributed by atoms with Crippen molar-refractivity contribution in [2.24, 2.45) is 5.92 Å². The molecule has 0 fully saturated rings. The number of rotatable bonds is 6. The number of amides is 1. The highest BCUT2D eigenvalue weighted by Gasteiger charge is 2.08. The second-order valence-electron chi connectivity index (χ2n) is 4.91. The molecule has 1 aromatic rings. The predicted octanol–water partition coefficient (Wildman–Crippen LogP) is 1.76. The molecule has 1 amide bonds. The molecule has 5 heteroatoms. The standard InChI is InChI=1S/C14H22N2O2.ClH/c1-10(7-11(2)17)9-16-14(18)8-12-3-5-13(15)6-4-12;/h3-6,10-11,17H,7-9,15H2,1-2H3,(H,16,18);1H. The molecule has 0 bridgehead atoms. The number of nitrogens with two attached hydrogens (primary N) is 1. The van der Waals surface area contributed by atoms with Crippen molar-refractivity contribution in [2.45, 2.75) is 32.8 Å². The Bertz CT molecular complexity index is 380. The maximum Gasteiger partial charge on any atom is 0.224 e. The average Bonchev–Trinajstić information content (AvgIpc) is 2.29. The minimum Gasteiger partial charge on any atom is -0.399 e. The molecule has 1 aromatic carbocycles. The van der Waals surface area contributed by atoms with Crippen LogP contribution in [0.5, 0.6) is 0 Å². The smallest absolute Gasteiger partial charge is 0.224 e. The third-order valence-electron chi connectivity index (χ3n) is 2.74. The zero-order valence-corrected chi connectivity index (χ0v) is 12.2. The first-order chi connectivity index (χ1) is 8.47. The third kappa shape index (κ3) is 7.70. The van der Waals surface area contributed by atoms with Crippen LogP contribution in [-0.2, 0) is 11.2 Å². The van der Waals surface area contributed by atoms with Crippen LogP contribution < -0.4 is 11.1 Å². The predicted molar refractivity (Wildman–Crippen MR) is 80.3 cm³/mol. The van der Waals surface area contributed by atoms with Crippen molar-refractivity contribution in [3.05, 3.63) is 29.8 Å². The van der Waals surface area contributed by atoms with Crippen molar-refractivity contribution >= 4 is 24.0 Å². The molecule has 2 atom stereocenters. The normalized spacial score (nSPS) is 13.2. The van der Waals surface area contributed by atoms with Gasteiger partial charge in [-0.15, -0.1) is 12.4 Å². The van der Waals surface area contributed by atoms with E-state index < -0.39 is 0 Å². The maximum absolute atomic E-state index is 11.7. The van der Waals surface area contributed by atoms with Crippen molar-refractivity contribution in [3.8, 4) is 0 Å². The molecule has 0 aliphatic heterocycles. The molecular formula is C14H23ClN2O2. The summed E-state index contributed by atoms with van der Waals surface area (Å²) in [5.74, 6) is 0.276. The van der Waals surface area contributed by atoms with Crippen molar-refractivity contribution in [3.63, 3.8) is 0 Å². The van der Waals surface area contributed by atoms with Gasteiger partial charge in [0.15, 0.2) is 0 Å². The summed E-state index contributed by atoms with van der Waals surface area (Å²) >= 11 is 0. The topological polar surface area (TPSA) is 75.3 Å². The van der Waals surface area contributed by atoms with Crippen LogP contribution in [-0.4, -0.2) is 23.7 Å². The van der Waals surface area contributed by atoms with Crippen LogP contribution in [0.4, 0.5) is 5.69 Å². The van der Waals surface area contributed by atoms with Gasteiger partial charge in [-0.2, -0.15) is 0 Å². The zero-order chi connectivity index (χ0) is 13.5. The van der Waals surface area contributed by atoms with Gasteiger partial charge in [-0.25, -0.2) is 0 Å². The second kappa shape index (κ2) is 8.77. The Morgan fingerprint density at radius 2 is 1.89 bits per heavy atom. The number of nitrogen functional groups attached to an aromatic ring is 1. The summed E-state index contributed by atoms with van der Waals surface area (Å²) in [4.78, 5) is 11.7. The first kappa shape index (κ1) is 17.7. The number of anilines is 1. The van der Waals surface area contributed by atoms with Crippen molar-refractivity contribution in [1.29, 1.82) is 0 Å². The van der Waals surface area contributed by atoms with Gasteiger partial charge in [0.05, 0.1) is 12.5 Å². The Kier molecular flexibility index (Phi) is 8.19. The molecule has 0 aliphatic rings. The summed E-state index contributed by atoms with van der Waals surface area (Å²) < 4.78 is 0. The summed E-state index contributed by atoms with van der Waals surface area (Å²) in [7, 11) is 0. The van der Waals surface area contributed by atoms with E-state index in [0.29, 0.717) is 25.1 Å². The lowest BCUT2D eigenvalue weighted by Gasteiger charge is -2.14. The highest BCUT2D eigenvalue weighted by Crippen LogP contribution is 2.07. The van der Waals surface area contributed by atoms with Gasteiger partial charge >= 0.3 is 0 Å². The van der Waals surface area contributed by atoms with Crippen LogP contribution in [0.3, 0.4) is 0 Å². The van der Waals surface area contributed by atoms with Gasteiger partial charge in [0.1, 0.15) is 0 Å². The number of nitrogens with one attached hydrogen (secondary N) is 1. The number of benzene rings is 1. The summed E-state index contributed by atoms with van der Waals surface area (Å²) in [6, 6.07) is 7.29. The van der Waals surface area contributed by atoms with E-state index in [4.69, 9.17) is 5.73 Å². The Balaban J connectivity index is 0.00000324. The molecule has 0 saturated heterocycles. The molecule has 0 heterocycles. The zero-order valence-electron chi connectivity index (χ0n) is 11.4. The Morgan fingerprint density at radius 3 is 2.42 bits per heavy atom. The molecule has 0 aliphatic carbocycles. The minimum absolute atomic E-state index is 0. The molecule has 0 radical (unpaired) electrons. The van der Waals surface area contributed by atoms with Crippen LogP contribution in [0.15, 0.2) is 24.3 Å². The lowest BCUT2D eigenvalue weighted by atomic mass is 10.0. The third-order valence-corrected chi connectivity index (χ3v) is 2.74. The number of halogens is 1. The van der Waals surface area contributed by atoms with Gasteiger partial charge in [0.2, 0.25) is 5.91 Å². The first-order valence-corrected chi connectivity index (χ1v) is 6.26. The highest BCUT2D eigenvalue weighted by molar-refractivity contribution is 5.85. The van der Waals surface area contributed by atoms with Gasteiger partial charge in [-0.1, -0.05) is 19.1 Å². The minimum atomic E-state index is -0.325. The molecular weight excluding hydrogens is 264 g/mol. The molecule has 108 valence electrons. The number of carbonyl (C=O) groups excluding carboxylic acids is 1. The van der Waals surface area contributed by atoms with Crippen LogP contribution in [0.25, 0.3) is 0 Å². The number of carbonyl (C=O) groups is 1. The van der Waals surface area contributed by atoms with Gasteiger partial charge in [-0.05, 0) is 37.0 Å². The lowest BCUT2D eigenvalue weighted by Crippen LogP contribution is -2.30. The number of hydrogen-bond acceptors (Lipinski definition) is 3. The molecule has 4 N–H and O–H groups in total. The number of aliphatic hydroxyl groups excluding tert-OH is 1. The fourth-order valence-corrected chi connectivity index (χ4v) is 1.84. The molecule has 1 rings (SSSR count). The Labute approximate surface area is 120 Å². The van der Waals surface area contributed by atoms with Gasteiger partial charge in [0.25, 0.3) is 0 Å². The van der Waals surface area contributed by atoms with Crippen molar-refractivity contribution in [2.75, 3.05) is 12.3 Å². The van der Waals surface area contributed by atoms with E-state index in [1.54, 1.807) is 19.1 Å². The van der Waals surface area contributed by atoms with E-state index in [0.717, 1.165) is 5.56 Å². The average molecular weight is 287 g/mol. The fraction of sp³-hybridized carbons (Fsp3) is 0.500. The molecule has 0 aromatic heterocycles. The molecule has 2 unspecified atom stereocenters. The quantitative estimate of drug-likeness (QED) is 0.698. The van der Waals surface area contributed by atoms with Gasteiger partial charge in [0, 0.05) is 12.2 Å². The molecule has 4 nitrogen and oxygen atoms in total. The Morgan fingerprint density at radius 1 is 1.32 bits per heavy atom. The van der Waals surface area contributed by atoms with Crippen LogP contribution >= 0.6 is 12.4 Å². The van der Waals surface area contributed by atoms with Crippen LogP contribution in [0.1, 0.15) is 25.8 Å². The first-order valence-electron chi connectivity index (χ1n) is 6.26. The fourth-order valence-electron chi connectivity index (χ4n) is 1.84. The van der Waals surface area contributed by atoms with E-state index in [1.165, 1.54) is 0 Å². The van der Waals surface area contributed by atoms with Crippen LogP contribution in [0, 0.1) is 5.92 Å². The van der Waals surface area contributed by atoms with E-state index in [-0.39, 0.29) is 30.3 Å². The van der Waals surface area contributed by atoms with E-state index >= 15 is 0 Å². The van der Waals surface area contributed by atoms with E-state index in [2.05, 4.69) is 5.32 Å². The van der Waals surface area contributed by atoms with Crippen molar-refractivity contribution in [1.82, 2.24) is 5.32 Å². The highest BCUT2D eigenvalue weighted by atomic mass is 35.5. The van der Waals surface area contributed by atoms with Crippen molar-refractivity contribution < 1.29 is 9.90 Å². The molecule has 19 heavy (non-hydrogen) atoms. The van der Waals surface area contributed by atoms with E-state index in [9.17, 15) is 9.90 Å². The van der Waals surface area contributed by atoms with Crippen LogP contribution in [0.2, 0.25) is 0 Å². The number of aliphatic hydroxyl groups is 1. The molecule has 0 spiro atoms. The maximum atomic E-state index is 11.7. The summed E-state index contributed by atoms with van der Waals surface area (Å²) in [6.45, 7) is 4.36. The molecule has 0 saturated carbocycles. The lowest BCUT2D eigenvalue weighted by molar-refractivity contribution is -0.120.